The minimum Gasteiger partial charge on any atom is -0.497 e. The highest BCUT2D eigenvalue weighted by Gasteiger charge is 2.21. The summed E-state index contributed by atoms with van der Waals surface area (Å²) in [6.07, 6.45) is 0. The van der Waals surface area contributed by atoms with Crippen LogP contribution in [0.25, 0.3) is 0 Å². The summed E-state index contributed by atoms with van der Waals surface area (Å²) in [5.41, 5.74) is 1.59. The van der Waals surface area contributed by atoms with Crippen molar-refractivity contribution >= 4 is 27.3 Å². The number of aryl methyl sites for hydroxylation is 2. The van der Waals surface area contributed by atoms with Crippen molar-refractivity contribution in [1.29, 1.82) is 0 Å². The molecule has 2 aromatic carbocycles. The van der Waals surface area contributed by atoms with E-state index in [1.165, 1.54) is 0 Å². The van der Waals surface area contributed by atoms with Gasteiger partial charge in [0.1, 0.15) is 5.75 Å². The minimum absolute atomic E-state index is 0.239. The topological polar surface area (TPSA) is 55.4 Å². The molecule has 0 aromatic heterocycles. The summed E-state index contributed by atoms with van der Waals surface area (Å²) in [6.45, 7) is 3.47. The Bertz CT molecular complexity index is 749. The van der Waals surface area contributed by atoms with Crippen LogP contribution in [0, 0.1) is 13.8 Å². The first-order chi connectivity index (χ1) is 9.85. The van der Waals surface area contributed by atoms with Gasteiger partial charge in [-0.25, -0.2) is 8.42 Å². The van der Waals surface area contributed by atoms with Crippen LogP contribution in [0.15, 0.2) is 41.3 Å². The van der Waals surface area contributed by atoms with Crippen molar-refractivity contribution in [2.24, 2.45) is 0 Å². The van der Waals surface area contributed by atoms with E-state index >= 15 is 0 Å². The van der Waals surface area contributed by atoms with Crippen molar-refractivity contribution in [2.45, 2.75) is 18.7 Å². The molecule has 1 N–H and O–H groups in total. The minimum atomic E-state index is -3.71. The fourth-order valence-corrected chi connectivity index (χ4v) is 3.97. The Kier molecular flexibility index (Phi) is 4.44. The van der Waals surface area contributed by atoms with E-state index in [4.69, 9.17) is 16.3 Å². The second kappa shape index (κ2) is 5.95. The first kappa shape index (κ1) is 15.7. The Morgan fingerprint density at radius 3 is 2.19 bits per heavy atom. The molecule has 0 spiro atoms. The normalized spacial score (nSPS) is 11.2. The quantitative estimate of drug-likeness (QED) is 0.931. The molecule has 0 atom stereocenters. The molecule has 0 heterocycles. The highest BCUT2D eigenvalue weighted by Crippen LogP contribution is 2.29. The molecule has 0 saturated heterocycles. The zero-order chi connectivity index (χ0) is 15.6. The maximum Gasteiger partial charge on any atom is 0.262 e. The molecule has 2 aromatic rings. The lowest BCUT2D eigenvalue weighted by Gasteiger charge is -2.15. The maximum atomic E-state index is 12.6. The SMILES string of the molecule is COc1cc(C)c(S(=O)(=O)Nc2ccccc2Cl)c(C)c1. The number of halogens is 1. The number of benzene rings is 2. The van der Waals surface area contributed by atoms with Crippen molar-refractivity contribution in [2.75, 3.05) is 11.8 Å². The van der Waals surface area contributed by atoms with Gasteiger partial charge >= 0.3 is 0 Å². The first-order valence-corrected chi connectivity index (χ1v) is 8.14. The first-order valence-electron chi connectivity index (χ1n) is 6.27. The van der Waals surface area contributed by atoms with Crippen LogP contribution in [0.5, 0.6) is 5.75 Å². The van der Waals surface area contributed by atoms with Crippen molar-refractivity contribution in [3.05, 3.63) is 52.5 Å². The van der Waals surface area contributed by atoms with Gasteiger partial charge in [-0.1, -0.05) is 23.7 Å². The molecule has 0 aliphatic carbocycles. The number of hydrogen-bond acceptors (Lipinski definition) is 3. The van der Waals surface area contributed by atoms with E-state index in [-0.39, 0.29) is 4.90 Å². The van der Waals surface area contributed by atoms with Gasteiger partial charge in [0, 0.05) is 0 Å². The Morgan fingerprint density at radius 2 is 1.67 bits per heavy atom. The van der Waals surface area contributed by atoms with Gasteiger partial charge in [-0.15, -0.1) is 0 Å². The van der Waals surface area contributed by atoms with Gasteiger partial charge in [-0.3, -0.25) is 4.72 Å². The average Bonchev–Trinajstić information content (AvgIpc) is 2.40. The van der Waals surface area contributed by atoms with Gasteiger partial charge in [-0.05, 0) is 49.2 Å². The summed E-state index contributed by atoms with van der Waals surface area (Å²) >= 11 is 6.00. The van der Waals surface area contributed by atoms with Crippen molar-refractivity contribution < 1.29 is 13.2 Å². The van der Waals surface area contributed by atoms with Crippen LogP contribution < -0.4 is 9.46 Å². The van der Waals surface area contributed by atoms with Crippen LogP contribution in [0.4, 0.5) is 5.69 Å². The number of para-hydroxylation sites is 1. The van der Waals surface area contributed by atoms with E-state index in [1.807, 2.05) is 0 Å². The summed E-state index contributed by atoms with van der Waals surface area (Å²) in [6, 6.07) is 10.1. The molecular weight excluding hydrogens is 310 g/mol. The zero-order valence-corrected chi connectivity index (χ0v) is 13.5. The number of sulfonamides is 1. The number of rotatable bonds is 4. The van der Waals surface area contributed by atoms with E-state index in [0.29, 0.717) is 27.6 Å². The lowest BCUT2D eigenvalue weighted by Crippen LogP contribution is -2.16. The van der Waals surface area contributed by atoms with E-state index in [0.717, 1.165) is 0 Å². The summed E-state index contributed by atoms with van der Waals surface area (Å²) < 4.78 is 32.8. The number of methoxy groups -OCH3 is 1. The fourth-order valence-electron chi connectivity index (χ4n) is 2.19. The van der Waals surface area contributed by atoms with Crippen LogP contribution in [-0.2, 0) is 10.0 Å². The second-order valence-corrected chi connectivity index (χ2v) is 6.70. The Labute approximate surface area is 129 Å². The van der Waals surface area contributed by atoms with Crippen molar-refractivity contribution in [3.63, 3.8) is 0 Å². The summed E-state index contributed by atoms with van der Waals surface area (Å²) in [5.74, 6) is 0.627. The van der Waals surface area contributed by atoms with Crippen LogP contribution in [0.3, 0.4) is 0 Å². The molecule has 2 rings (SSSR count). The van der Waals surface area contributed by atoms with E-state index in [2.05, 4.69) is 4.72 Å². The summed E-state index contributed by atoms with van der Waals surface area (Å²) in [7, 11) is -2.17. The lowest BCUT2D eigenvalue weighted by atomic mass is 10.1. The van der Waals surface area contributed by atoms with Crippen molar-refractivity contribution in [3.8, 4) is 5.75 Å². The van der Waals surface area contributed by atoms with Crippen LogP contribution >= 0.6 is 11.6 Å². The third-order valence-electron chi connectivity index (χ3n) is 3.06. The largest absolute Gasteiger partial charge is 0.497 e. The molecule has 0 bridgehead atoms. The van der Waals surface area contributed by atoms with Gasteiger partial charge in [0.25, 0.3) is 10.0 Å². The monoisotopic (exact) mass is 325 g/mol. The predicted molar refractivity (Wildman–Crippen MR) is 84.7 cm³/mol. The molecule has 0 amide bonds. The van der Waals surface area contributed by atoms with Gasteiger partial charge < -0.3 is 4.74 Å². The molecule has 4 nitrogen and oxygen atoms in total. The molecule has 0 aliphatic heterocycles. The zero-order valence-electron chi connectivity index (χ0n) is 12.0. The lowest BCUT2D eigenvalue weighted by molar-refractivity contribution is 0.413. The second-order valence-electron chi connectivity index (χ2n) is 4.68. The van der Waals surface area contributed by atoms with Crippen LogP contribution in [0.2, 0.25) is 5.02 Å². The maximum absolute atomic E-state index is 12.6. The van der Waals surface area contributed by atoms with Gasteiger partial charge in [0.05, 0.1) is 22.7 Å². The molecule has 6 heteroatoms. The molecule has 0 unspecified atom stereocenters. The highest BCUT2D eigenvalue weighted by atomic mass is 35.5. The Morgan fingerprint density at radius 1 is 1.10 bits per heavy atom. The fraction of sp³-hybridized carbons (Fsp3) is 0.200. The molecule has 0 saturated carbocycles. The third kappa shape index (κ3) is 3.31. The van der Waals surface area contributed by atoms with Gasteiger partial charge in [0.2, 0.25) is 0 Å². The summed E-state index contributed by atoms with van der Waals surface area (Å²) in [5, 5.41) is 0.352. The molecule has 0 aliphatic rings. The van der Waals surface area contributed by atoms with Crippen molar-refractivity contribution in [1.82, 2.24) is 0 Å². The number of nitrogens with one attached hydrogen (secondary N) is 1. The van der Waals surface area contributed by atoms with E-state index in [9.17, 15) is 8.42 Å². The summed E-state index contributed by atoms with van der Waals surface area (Å²) in [4.78, 5) is 0.239. The van der Waals surface area contributed by atoms with Crippen LogP contribution in [0.1, 0.15) is 11.1 Å². The van der Waals surface area contributed by atoms with Crippen LogP contribution in [-0.4, -0.2) is 15.5 Å². The molecule has 112 valence electrons. The number of hydrogen-bond donors (Lipinski definition) is 1. The number of ether oxygens (including phenoxy) is 1. The Hall–Kier alpha value is -1.72. The molecular formula is C15H16ClNO3S. The molecule has 0 radical (unpaired) electrons. The predicted octanol–water partition coefficient (Wildman–Crippen LogP) is 3.77. The Balaban J connectivity index is 2.48. The standard InChI is InChI=1S/C15H16ClNO3S/c1-10-8-12(20-3)9-11(2)15(10)21(18,19)17-14-7-5-4-6-13(14)16/h4-9,17H,1-3H3. The van der Waals surface area contributed by atoms with Gasteiger partial charge in [-0.2, -0.15) is 0 Å². The molecule has 0 fully saturated rings. The average molecular weight is 326 g/mol. The molecule has 21 heavy (non-hydrogen) atoms. The smallest absolute Gasteiger partial charge is 0.262 e. The third-order valence-corrected chi connectivity index (χ3v) is 5.06. The van der Waals surface area contributed by atoms with E-state index in [1.54, 1.807) is 57.4 Å². The highest BCUT2D eigenvalue weighted by molar-refractivity contribution is 7.92. The van der Waals surface area contributed by atoms with Gasteiger partial charge in [0.15, 0.2) is 0 Å². The number of anilines is 1. The van der Waals surface area contributed by atoms with E-state index < -0.39 is 10.0 Å².